The molecule has 0 fully saturated rings. The van der Waals surface area contributed by atoms with Gasteiger partial charge in [-0.05, 0) is 91.9 Å². The number of carboxylic acid groups (broad SMARTS) is 1. The van der Waals surface area contributed by atoms with Crippen LogP contribution in [0.15, 0.2) is 39.6 Å². The fraction of sp³-hybridized carbons (Fsp3) is 0.681. The van der Waals surface area contributed by atoms with Gasteiger partial charge >= 0.3 is 36.2 Å². The van der Waals surface area contributed by atoms with Crippen LogP contribution in [0.3, 0.4) is 0 Å². The quantitative estimate of drug-likeness (QED) is 0.0179. The Labute approximate surface area is 694 Å². The Morgan fingerprint density at radius 2 is 0.822 bits per heavy atom. The zero-order valence-electron chi connectivity index (χ0n) is 65.6. The number of halogens is 3. The summed E-state index contributed by atoms with van der Waals surface area (Å²) in [4.78, 5) is 128. The Bertz CT molecular complexity index is 3350. The van der Waals surface area contributed by atoms with Crippen molar-refractivity contribution in [2.75, 3.05) is 41.0 Å². The first-order valence-corrected chi connectivity index (χ1v) is 46.4. The molecular weight excluding hydrogens is 1810 g/mol. The number of urea groups is 3. The van der Waals surface area contributed by atoms with Gasteiger partial charge in [0.2, 0.25) is 0 Å². The topological polar surface area (TPSA) is 348 Å². The number of hydrogen-bond donors (Lipinski definition) is 7. The first-order valence-electron chi connectivity index (χ1n) is 35.8. The summed E-state index contributed by atoms with van der Waals surface area (Å²) in [5, 5.41) is 41.8. The number of aliphatic hydroxyl groups is 1. The number of rotatable bonds is 40. The lowest BCUT2D eigenvalue weighted by molar-refractivity contribution is -0.142. The van der Waals surface area contributed by atoms with E-state index in [0.29, 0.717) is 50.2 Å². The molecule has 5 aromatic rings. The number of carbonyl (C=O) groups excluding carboxylic acids is 7. The van der Waals surface area contributed by atoms with Gasteiger partial charge in [0.25, 0.3) is 0 Å². The summed E-state index contributed by atoms with van der Waals surface area (Å²) in [6.45, 7) is 32.7. The summed E-state index contributed by atoms with van der Waals surface area (Å²) < 4.78 is 22.0. The number of amides is 8. The average molecular weight is 1930 g/mol. The molecule has 0 bridgehead atoms. The first-order chi connectivity index (χ1) is 50.0. The van der Waals surface area contributed by atoms with Gasteiger partial charge in [0.1, 0.15) is 25.3 Å². The Morgan fingerprint density at radius 3 is 1.10 bits per heavy atom. The summed E-state index contributed by atoms with van der Waals surface area (Å²) in [6.07, 6.45) is 8.95. The van der Waals surface area contributed by atoms with E-state index in [1.165, 1.54) is 32.5 Å². The molecule has 27 nitrogen and oxygen atoms in total. The molecule has 7 N–H and O–H groups in total. The maximum absolute atomic E-state index is 13.5. The highest BCUT2D eigenvalue weighted by molar-refractivity contribution is 15.0. The number of thiazole rings is 5. The van der Waals surface area contributed by atoms with Gasteiger partial charge in [-0.2, -0.15) is 0 Å². The number of carbonyl (C=O) groups is 8. The molecule has 0 aromatic carbocycles. The molecule has 0 saturated heterocycles. The van der Waals surface area contributed by atoms with Crippen LogP contribution in [0.25, 0.3) is 0 Å². The van der Waals surface area contributed by atoms with Crippen molar-refractivity contribution < 1.29 is 67.5 Å². The second-order valence-electron chi connectivity index (χ2n) is 28.6. The molecule has 0 aliphatic rings. The largest absolute Gasteiger partial charge is 0.480 e. The lowest BCUT2D eigenvalue weighted by Crippen LogP contribution is -2.50. The monoisotopic (exact) mass is 1930 g/mol. The van der Waals surface area contributed by atoms with E-state index in [0.717, 1.165) is 86.8 Å². The maximum atomic E-state index is 13.5. The number of alkyl carbamates (subject to hydrolysis) is 2. The second-order valence-corrected chi connectivity index (χ2v) is 33.2. The minimum Gasteiger partial charge on any atom is -0.480 e. The zero-order chi connectivity index (χ0) is 79.9. The van der Waals surface area contributed by atoms with Crippen LogP contribution in [-0.4, -0.2) is 180 Å². The van der Waals surface area contributed by atoms with Gasteiger partial charge in [0.15, 0.2) is 17.6 Å². The summed E-state index contributed by atoms with van der Waals surface area (Å²) in [7, 11) is 4.94. The molecule has 5 aromatic heterocycles. The van der Waals surface area contributed by atoms with E-state index < -0.39 is 66.2 Å². The summed E-state index contributed by atoms with van der Waals surface area (Å²) >= 11 is 11.8. The van der Waals surface area contributed by atoms with E-state index in [1.807, 2.05) is 78.5 Å². The molecule has 5 rings (SSSR count). The minimum absolute atomic E-state index is 0. The van der Waals surface area contributed by atoms with E-state index in [1.54, 1.807) is 83.5 Å². The summed E-state index contributed by atoms with van der Waals surface area (Å²) in [5.41, 5.74) is 4.87. The van der Waals surface area contributed by atoms with Gasteiger partial charge < -0.3 is 70.4 Å². The van der Waals surface area contributed by atoms with Crippen LogP contribution in [0.5, 0.6) is 0 Å². The molecule has 7 atom stereocenters. The van der Waals surface area contributed by atoms with Gasteiger partial charge in [-0.15, -0.1) is 80.7 Å². The van der Waals surface area contributed by atoms with Crippen molar-refractivity contribution in [2.45, 2.75) is 267 Å². The lowest BCUT2D eigenvalue weighted by atomic mass is 9.90. The standard InChI is InChI=1S/C30H49N5O5S2.C26H41N5O5S2.C16H27N3O4S.I2.HI/c1-9-21(11-12-22(10-2)33-29(38)39-16-24-14-31-19-42-24)13-26(36)25(17-40-30(5,6)7)34-28(37)35(8)15-23-18-41-27(32-23)20(3)4;1-6-18(8-9-19(7-2)29-26(35)36-14-21-11-27-16-38-21)10-23(33)22(13-32)30-25(34)31(5)12-20-15-37-24(28-20)17(3)4;1-10(2)13-17-11(9-24-13)7-19(6)15(22)18-12(14(20)21)8-23-16(3,4)5;1-2;/h14,18-22,25H,9-13,15-17H2,1-8H3,(H,33,38)(H,34,37);11,15-19,22,32H,6-10,12-14H2,1-5H3,(H,29,35)(H,30,34);9-10,12H,7-8H2,1-6H3,(H,18,22)(H,20,21);;1H/t21-,22-,25-;18-,19-,22-;12-;;/m000../s1. The smallest absolute Gasteiger partial charge is 0.407 e. The number of hydrogen-bond acceptors (Lipinski definition) is 23. The second kappa shape index (κ2) is 53.3. The molecule has 8 amide bonds. The minimum atomic E-state index is -1.13. The molecule has 0 unspecified atom stereocenters. The SMILES string of the molecule is CC(C)c1nc(CN(C)C(=O)N[C@@H](COC(C)(C)C)C(=O)O)cs1.CC[C@@H](CC[C@H](CC)NC(=O)OCc1cncs1)CC(=O)[C@H](CO)NC(=O)N(C)Cc1csc(C(C)C)n1.CC[C@@H](CC[C@H](CC)NC(=O)OCc1cncs1)CC(=O)[C@H](COC(C)(C)C)NC(=O)N(C)Cc1csc(C(C)C)n1.I.II. The predicted octanol–water partition coefficient (Wildman–Crippen LogP) is 16.3. The molecule has 0 spiro atoms. The van der Waals surface area contributed by atoms with E-state index in [4.69, 9.17) is 18.9 Å². The Morgan fingerprint density at radius 1 is 0.495 bits per heavy atom. The van der Waals surface area contributed by atoms with Crippen LogP contribution in [0.2, 0.25) is 0 Å². The molecule has 0 aliphatic heterocycles. The third-order valence-electron chi connectivity index (χ3n) is 16.2. The van der Waals surface area contributed by atoms with Crippen LogP contribution < -0.4 is 26.6 Å². The normalized spacial score (nSPS) is 13.2. The number of aliphatic carboxylic acids is 1. The molecule has 0 saturated carbocycles. The van der Waals surface area contributed by atoms with E-state index >= 15 is 0 Å². The van der Waals surface area contributed by atoms with Crippen LogP contribution >= 0.6 is 118 Å². The van der Waals surface area contributed by atoms with Gasteiger partial charge in [-0.25, -0.2) is 43.7 Å². The van der Waals surface area contributed by atoms with Crippen molar-refractivity contribution in [2.24, 2.45) is 11.8 Å². The summed E-state index contributed by atoms with van der Waals surface area (Å²) in [6, 6.07) is -4.21. The predicted molar refractivity (Wildman–Crippen MR) is 454 cm³/mol. The van der Waals surface area contributed by atoms with E-state index in [9.17, 15) is 48.6 Å². The van der Waals surface area contributed by atoms with Gasteiger partial charge in [-0.3, -0.25) is 19.6 Å². The molecule has 0 radical (unpaired) electrons. The fourth-order valence-corrected chi connectivity index (χ4v) is 13.2. The van der Waals surface area contributed by atoms with Gasteiger partial charge in [0, 0.05) is 130 Å². The molecule has 606 valence electrons. The summed E-state index contributed by atoms with van der Waals surface area (Å²) in [5.74, 6) is -0.224. The van der Waals surface area contributed by atoms with Crippen LogP contribution in [0.1, 0.15) is 235 Å². The Kier molecular flexibility index (Phi) is 50.1. The lowest BCUT2D eigenvalue weighted by Gasteiger charge is -2.27. The van der Waals surface area contributed by atoms with E-state index in [-0.39, 0.29) is 98.3 Å². The number of nitrogens with one attached hydrogen (secondary N) is 5. The van der Waals surface area contributed by atoms with Crippen molar-refractivity contribution in [1.82, 2.24) is 66.2 Å². The van der Waals surface area contributed by atoms with E-state index in [2.05, 4.69) is 137 Å². The maximum Gasteiger partial charge on any atom is 0.407 e. The fourth-order valence-electron chi connectivity index (χ4n) is 9.69. The zero-order valence-corrected chi connectivity index (χ0v) is 76.3. The number of carboxylic acids is 1. The molecule has 5 heterocycles. The molecular formula is C72H118I3N13O14S5. The third kappa shape index (κ3) is 42.0. The molecule has 107 heavy (non-hydrogen) atoms. The van der Waals surface area contributed by atoms with Crippen LogP contribution in [0.4, 0.5) is 24.0 Å². The number of ketones is 2. The number of nitrogens with zero attached hydrogens (tertiary/aromatic N) is 8. The number of aliphatic hydroxyl groups excluding tert-OH is 1. The number of ether oxygens (including phenoxy) is 4. The van der Waals surface area contributed by atoms with Crippen LogP contribution in [-0.2, 0) is 66.2 Å². The van der Waals surface area contributed by atoms with Crippen molar-refractivity contribution >= 4 is 166 Å². The van der Waals surface area contributed by atoms with Crippen molar-refractivity contribution in [3.63, 3.8) is 0 Å². The first kappa shape index (κ1) is 100. The van der Waals surface area contributed by atoms with Gasteiger partial charge in [0.05, 0.1) is 104 Å². The third-order valence-corrected chi connectivity index (χ3v) is 21.3. The Hall–Kier alpha value is -4.62. The van der Waals surface area contributed by atoms with Crippen molar-refractivity contribution in [1.29, 1.82) is 0 Å². The Balaban J connectivity index is 0.000000816. The highest BCUT2D eigenvalue weighted by Crippen LogP contribution is 2.26. The van der Waals surface area contributed by atoms with Crippen molar-refractivity contribution in [3.05, 3.63) is 81.4 Å². The molecule has 0 aliphatic carbocycles. The number of aromatic nitrogens is 5. The highest BCUT2D eigenvalue weighted by Gasteiger charge is 2.30. The highest BCUT2D eigenvalue weighted by atomic mass is 128. The number of Topliss-reactive ketones (excluding diaryl/α,β-unsaturated/α-hetero) is 2. The average Bonchev–Trinajstić information content (AvgIpc) is 1.78. The molecule has 35 heteroatoms. The van der Waals surface area contributed by atoms with Crippen LogP contribution in [0, 0.1) is 11.8 Å². The van der Waals surface area contributed by atoms with Gasteiger partial charge in [-0.1, -0.05) is 82.1 Å². The van der Waals surface area contributed by atoms with Crippen molar-refractivity contribution in [3.8, 4) is 0 Å².